The van der Waals surface area contributed by atoms with E-state index < -0.39 is 23.3 Å². The van der Waals surface area contributed by atoms with Crippen LogP contribution in [0.15, 0.2) is 40.1 Å². The standard InChI is InChI=1S/C20H18F4N4S2/c21-15-2-3-16(22)14(9-28-4-1-5-28)13(15)8-25-12-6-17(23)20(18(24)7-12)30-27-19-10-29-11-26-19/h2-3,6-7,10-11,25,27H,1,4-5,8-9H2. The van der Waals surface area contributed by atoms with Gasteiger partial charge in [0.2, 0.25) is 0 Å². The Hall–Kier alpha value is -2.30. The lowest BCUT2D eigenvalue weighted by molar-refractivity contribution is 0.169. The van der Waals surface area contributed by atoms with Gasteiger partial charge in [0.25, 0.3) is 0 Å². The number of thiazole rings is 1. The van der Waals surface area contributed by atoms with E-state index in [9.17, 15) is 17.6 Å². The summed E-state index contributed by atoms with van der Waals surface area (Å²) < 4.78 is 60.3. The van der Waals surface area contributed by atoms with Gasteiger partial charge in [-0.05, 0) is 55.7 Å². The van der Waals surface area contributed by atoms with Crippen molar-refractivity contribution in [1.82, 2.24) is 9.88 Å². The van der Waals surface area contributed by atoms with E-state index in [1.54, 1.807) is 10.9 Å². The van der Waals surface area contributed by atoms with Gasteiger partial charge in [-0.3, -0.25) is 4.90 Å². The number of nitrogens with one attached hydrogen (secondary N) is 2. The molecule has 0 atom stereocenters. The van der Waals surface area contributed by atoms with Gasteiger partial charge >= 0.3 is 0 Å². The van der Waals surface area contributed by atoms with Crippen molar-refractivity contribution in [2.75, 3.05) is 23.1 Å². The van der Waals surface area contributed by atoms with Crippen LogP contribution in [0.3, 0.4) is 0 Å². The molecule has 0 saturated carbocycles. The number of anilines is 2. The third-order valence-corrected chi connectivity index (χ3v) is 6.30. The van der Waals surface area contributed by atoms with Gasteiger partial charge in [0, 0.05) is 35.3 Å². The minimum absolute atomic E-state index is 0.0881. The Bertz CT molecular complexity index is 1000. The summed E-state index contributed by atoms with van der Waals surface area (Å²) in [4.78, 5) is 5.80. The topological polar surface area (TPSA) is 40.2 Å². The van der Waals surface area contributed by atoms with Crippen LogP contribution in [0.5, 0.6) is 0 Å². The summed E-state index contributed by atoms with van der Waals surface area (Å²) in [6.45, 7) is 1.90. The first kappa shape index (κ1) is 21.0. The molecule has 1 aliphatic heterocycles. The highest BCUT2D eigenvalue weighted by molar-refractivity contribution is 8.00. The summed E-state index contributed by atoms with van der Waals surface area (Å²) in [6, 6.07) is 4.42. The fraction of sp³-hybridized carbons (Fsp3) is 0.250. The van der Waals surface area contributed by atoms with Gasteiger partial charge in [-0.1, -0.05) is 0 Å². The molecule has 2 heterocycles. The number of hydrogen-bond acceptors (Lipinski definition) is 6. The fourth-order valence-electron chi connectivity index (χ4n) is 3.08. The molecule has 4 nitrogen and oxygen atoms in total. The van der Waals surface area contributed by atoms with E-state index in [1.165, 1.54) is 11.3 Å². The van der Waals surface area contributed by atoms with Gasteiger partial charge in [0.15, 0.2) is 0 Å². The maximum atomic E-state index is 14.4. The van der Waals surface area contributed by atoms with Crippen molar-refractivity contribution in [2.24, 2.45) is 0 Å². The number of likely N-dealkylation sites (tertiary alicyclic amines) is 1. The Balaban J connectivity index is 1.48. The van der Waals surface area contributed by atoms with Crippen LogP contribution in [0, 0.1) is 23.3 Å². The van der Waals surface area contributed by atoms with E-state index in [1.807, 2.05) is 4.90 Å². The summed E-state index contributed by atoms with van der Waals surface area (Å²) in [5, 5.41) is 4.52. The molecule has 0 aliphatic carbocycles. The van der Waals surface area contributed by atoms with E-state index in [0.717, 1.165) is 55.7 Å². The van der Waals surface area contributed by atoms with E-state index in [0.29, 0.717) is 12.4 Å². The van der Waals surface area contributed by atoms with E-state index >= 15 is 0 Å². The third-order valence-electron chi connectivity index (χ3n) is 4.80. The molecule has 1 aromatic heterocycles. The zero-order valence-electron chi connectivity index (χ0n) is 15.7. The van der Waals surface area contributed by atoms with Gasteiger partial charge in [-0.2, -0.15) is 0 Å². The molecule has 1 saturated heterocycles. The highest BCUT2D eigenvalue weighted by Gasteiger charge is 2.21. The van der Waals surface area contributed by atoms with E-state index in [2.05, 4.69) is 15.0 Å². The Labute approximate surface area is 179 Å². The summed E-state index contributed by atoms with van der Waals surface area (Å²) in [7, 11) is 0. The first-order valence-electron chi connectivity index (χ1n) is 9.23. The molecule has 0 unspecified atom stereocenters. The lowest BCUT2D eigenvalue weighted by Gasteiger charge is -2.31. The monoisotopic (exact) mass is 454 g/mol. The molecule has 1 aliphatic rings. The summed E-state index contributed by atoms with van der Waals surface area (Å²) >= 11 is 2.14. The van der Waals surface area contributed by atoms with Crippen LogP contribution >= 0.6 is 23.3 Å². The third kappa shape index (κ3) is 4.71. The maximum absolute atomic E-state index is 14.4. The maximum Gasteiger partial charge on any atom is 0.147 e. The summed E-state index contributed by atoms with van der Waals surface area (Å²) in [5.74, 6) is -2.09. The van der Waals surface area contributed by atoms with Gasteiger partial charge < -0.3 is 10.0 Å². The predicted octanol–water partition coefficient (Wildman–Crippen LogP) is 5.64. The minimum Gasteiger partial charge on any atom is -0.381 e. The molecule has 0 amide bonds. The van der Waals surface area contributed by atoms with Crippen LogP contribution in [0.2, 0.25) is 0 Å². The Morgan fingerprint density at radius 2 is 1.70 bits per heavy atom. The highest BCUT2D eigenvalue weighted by Crippen LogP contribution is 2.30. The molecule has 1 fully saturated rings. The van der Waals surface area contributed by atoms with Crippen molar-refractivity contribution in [1.29, 1.82) is 0 Å². The lowest BCUT2D eigenvalue weighted by atomic mass is 10.0. The molecule has 3 aromatic rings. The van der Waals surface area contributed by atoms with Crippen LogP contribution in [-0.4, -0.2) is 23.0 Å². The van der Waals surface area contributed by atoms with Gasteiger partial charge in [-0.25, -0.2) is 22.5 Å². The Kier molecular flexibility index (Phi) is 6.45. The lowest BCUT2D eigenvalue weighted by Crippen LogP contribution is -2.37. The molecule has 4 rings (SSSR count). The van der Waals surface area contributed by atoms with Crippen LogP contribution < -0.4 is 10.0 Å². The quantitative estimate of drug-likeness (QED) is 0.341. The summed E-state index contributed by atoms with van der Waals surface area (Å²) in [6.07, 6.45) is 1.03. The molecule has 158 valence electrons. The molecular weight excluding hydrogens is 436 g/mol. The van der Waals surface area contributed by atoms with Crippen LogP contribution in [0.4, 0.5) is 29.1 Å². The SMILES string of the molecule is Fc1ccc(F)c(CN2CCC2)c1CNc1cc(F)c(SNc2cscn2)c(F)c1. The molecule has 0 radical (unpaired) electrons. The van der Waals surface area contributed by atoms with E-state index in [-0.39, 0.29) is 28.3 Å². The molecule has 0 bridgehead atoms. The fourth-order valence-corrected chi connectivity index (χ4v) is 4.27. The van der Waals surface area contributed by atoms with Gasteiger partial charge in [0.05, 0.1) is 5.51 Å². The van der Waals surface area contributed by atoms with Crippen molar-refractivity contribution >= 4 is 34.8 Å². The van der Waals surface area contributed by atoms with Crippen molar-refractivity contribution < 1.29 is 17.6 Å². The molecular formula is C20H18F4N4S2. The number of aromatic nitrogens is 1. The smallest absolute Gasteiger partial charge is 0.147 e. The zero-order valence-corrected chi connectivity index (χ0v) is 17.4. The minimum atomic E-state index is -0.772. The number of hydrogen-bond donors (Lipinski definition) is 2. The summed E-state index contributed by atoms with van der Waals surface area (Å²) in [5.41, 5.74) is 2.17. The van der Waals surface area contributed by atoms with Crippen molar-refractivity contribution in [2.45, 2.75) is 24.4 Å². The largest absolute Gasteiger partial charge is 0.381 e. The number of nitrogens with zero attached hydrogens (tertiary/aromatic N) is 2. The first-order chi connectivity index (χ1) is 14.5. The molecule has 2 aromatic carbocycles. The number of halogens is 4. The zero-order chi connectivity index (χ0) is 21.1. The highest BCUT2D eigenvalue weighted by atomic mass is 32.2. The first-order valence-corrected chi connectivity index (χ1v) is 11.0. The molecule has 30 heavy (non-hydrogen) atoms. The Morgan fingerprint density at radius 1 is 1.00 bits per heavy atom. The average molecular weight is 455 g/mol. The van der Waals surface area contributed by atoms with Crippen LogP contribution in [0.1, 0.15) is 17.5 Å². The van der Waals surface area contributed by atoms with Crippen LogP contribution in [-0.2, 0) is 13.1 Å². The second kappa shape index (κ2) is 9.23. The van der Waals surface area contributed by atoms with Crippen molar-refractivity contribution in [3.05, 3.63) is 69.6 Å². The van der Waals surface area contributed by atoms with Crippen LogP contribution in [0.25, 0.3) is 0 Å². The van der Waals surface area contributed by atoms with Crippen molar-refractivity contribution in [3.8, 4) is 0 Å². The Morgan fingerprint density at radius 3 is 2.30 bits per heavy atom. The van der Waals surface area contributed by atoms with Gasteiger partial charge in [-0.15, -0.1) is 11.3 Å². The number of benzene rings is 2. The average Bonchev–Trinajstić information content (AvgIpc) is 3.19. The predicted molar refractivity (Wildman–Crippen MR) is 112 cm³/mol. The molecule has 10 heteroatoms. The second-order valence-corrected chi connectivity index (χ2v) is 8.35. The molecule has 0 spiro atoms. The second-order valence-electron chi connectivity index (χ2n) is 6.82. The number of rotatable bonds is 8. The van der Waals surface area contributed by atoms with Crippen molar-refractivity contribution in [3.63, 3.8) is 0 Å². The molecule has 2 N–H and O–H groups in total. The van der Waals surface area contributed by atoms with E-state index in [4.69, 9.17) is 0 Å². The van der Waals surface area contributed by atoms with Gasteiger partial charge in [0.1, 0.15) is 34.0 Å². The normalized spacial score (nSPS) is 13.9.